The van der Waals surface area contributed by atoms with E-state index in [1.165, 1.54) is 14.2 Å². The highest BCUT2D eigenvalue weighted by Crippen LogP contribution is 2.40. The first-order chi connectivity index (χ1) is 27.3. The number of alkyl carbamates (subject to hydrolysis) is 1. The van der Waals surface area contributed by atoms with Gasteiger partial charge < -0.3 is 34.6 Å². The van der Waals surface area contributed by atoms with Gasteiger partial charge in [-0.15, -0.1) is 0 Å². The van der Waals surface area contributed by atoms with Gasteiger partial charge in [0.15, 0.2) is 0 Å². The third-order valence-corrected chi connectivity index (χ3v) is 12.3. The number of likely N-dealkylation sites (tertiary alicyclic amines) is 2. The number of benzene rings is 2. The number of amides is 3. The predicted octanol–water partition coefficient (Wildman–Crippen LogP) is 6.18. The zero-order valence-electron chi connectivity index (χ0n) is 32.0. The summed E-state index contributed by atoms with van der Waals surface area (Å²) in [5.74, 6) is 7.70. The lowest BCUT2D eigenvalue weighted by Gasteiger charge is -2.29. The molecule has 3 amide bonds. The molecule has 2 saturated carbocycles. The zero-order chi connectivity index (χ0) is 38.8. The van der Waals surface area contributed by atoms with Crippen LogP contribution in [0.25, 0.3) is 22.3 Å². The van der Waals surface area contributed by atoms with Gasteiger partial charge in [-0.25, -0.2) is 14.8 Å². The molecule has 0 unspecified atom stereocenters. The van der Waals surface area contributed by atoms with Crippen LogP contribution in [0.4, 0.5) is 4.79 Å². The maximum absolute atomic E-state index is 13.8. The van der Waals surface area contributed by atoms with Crippen LogP contribution in [0.2, 0.25) is 0 Å². The molecule has 3 N–H and O–H groups in total. The van der Waals surface area contributed by atoms with Gasteiger partial charge in [-0.05, 0) is 93.2 Å². The fourth-order valence-corrected chi connectivity index (χ4v) is 9.39. The molecule has 2 aliphatic carbocycles. The number of H-pyrrole nitrogens is 2. The quantitative estimate of drug-likeness (QED) is 0.142. The van der Waals surface area contributed by atoms with Crippen LogP contribution < -0.4 is 5.32 Å². The van der Waals surface area contributed by atoms with E-state index in [2.05, 4.69) is 27.1 Å². The van der Waals surface area contributed by atoms with Crippen molar-refractivity contribution in [2.45, 2.75) is 88.8 Å². The molecule has 4 heterocycles. The Morgan fingerprint density at radius 2 is 1.45 bits per heavy atom. The minimum atomic E-state index is -0.499. The number of fused-ring (bicyclic) bond motifs is 1. The number of nitrogens with one attached hydrogen (secondary N) is 3. The Morgan fingerprint density at radius 3 is 2.20 bits per heavy atom. The predicted molar refractivity (Wildman–Crippen MR) is 208 cm³/mol. The Kier molecular flexibility index (Phi) is 10.8. The molecule has 13 nitrogen and oxygen atoms in total. The second-order valence-corrected chi connectivity index (χ2v) is 15.6. The summed E-state index contributed by atoms with van der Waals surface area (Å²) in [6.07, 6.45) is 10.2. The van der Waals surface area contributed by atoms with Crippen molar-refractivity contribution in [2.75, 3.05) is 27.3 Å². The molecule has 56 heavy (non-hydrogen) atoms. The van der Waals surface area contributed by atoms with Crippen LogP contribution in [0, 0.1) is 29.6 Å². The smallest absolute Gasteiger partial charge is 0.407 e. The molecule has 8 rings (SSSR count). The number of hydrogen-bond acceptors (Lipinski definition) is 8. The lowest BCUT2D eigenvalue weighted by molar-refractivity contribution is -0.144. The van der Waals surface area contributed by atoms with E-state index in [1.54, 1.807) is 0 Å². The molecule has 0 spiro atoms. The average Bonchev–Trinajstić information content (AvgIpc) is 4.07. The fraction of sp³-hybridized carbons (Fsp3) is 0.488. The van der Waals surface area contributed by atoms with E-state index in [0.717, 1.165) is 109 Å². The van der Waals surface area contributed by atoms with Crippen molar-refractivity contribution in [1.82, 2.24) is 35.1 Å². The Labute approximate surface area is 326 Å². The molecule has 4 aliphatic rings. The Morgan fingerprint density at radius 1 is 0.768 bits per heavy atom. The van der Waals surface area contributed by atoms with Crippen LogP contribution >= 0.6 is 0 Å². The van der Waals surface area contributed by atoms with Crippen molar-refractivity contribution in [3.8, 4) is 23.1 Å². The van der Waals surface area contributed by atoms with E-state index in [9.17, 15) is 19.2 Å². The molecule has 0 radical (unpaired) electrons. The number of carbonyl (C=O) groups excluding carboxylic acids is 4. The number of nitrogens with zero attached hydrogens (tertiary/aromatic N) is 4. The number of aromatic nitrogens is 4. The van der Waals surface area contributed by atoms with Gasteiger partial charge in [0.25, 0.3) is 0 Å². The number of rotatable bonds is 8. The molecule has 292 valence electrons. The molecular formula is C43H49N7O6. The van der Waals surface area contributed by atoms with E-state index < -0.39 is 6.09 Å². The molecule has 6 atom stereocenters. The summed E-state index contributed by atoms with van der Waals surface area (Å²) in [6.45, 7) is 1.36. The summed E-state index contributed by atoms with van der Waals surface area (Å²) >= 11 is 0. The second kappa shape index (κ2) is 16.2. The molecule has 4 aromatic rings. The van der Waals surface area contributed by atoms with Crippen LogP contribution in [0.15, 0.2) is 48.7 Å². The number of esters is 1. The molecule has 0 bridgehead atoms. The second-order valence-electron chi connectivity index (χ2n) is 15.6. The summed E-state index contributed by atoms with van der Waals surface area (Å²) in [4.78, 5) is 71.7. The van der Waals surface area contributed by atoms with E-state index in [0.29, 0.717) is 19.5 Å². The van der Waals surface area contributed by atoms with Crippen molar-refractivity contribution in [3.05, 3.63) is 71.4 Å². The number of ether oxygens (including phenoxy) is 2. The van der Waals surface area contributed by atoms with Gasteiger partial charge >= 0.3 is 12.1 Å². The van der Waals surface area contributed by atoms with Crippen LogP contribution in [-0.4, -0.2) is 87.0 Å². The molecule has 4 fully saturated rings. The van der Waals surface area contributed by atoms with E-state index in [4.69, 9.17) is 19.4 Å². The number of methoxy groups -OCH3 is 2. The van der Waals surface area contributed by atoms with Crippen LogP contribution in [-0.2, 0) is 23.9 Å². The summed E-state index contributed by atoms with van der Waals surface area (Å²) in [5.41, 5.74) is 5.28. The Bertz CT molecular complexity index is 2170. The van der Waals surface area contributed by atoms with Crippen molar-refractivity contribution >= 4 is 34.9 Å². The number of hydrogen-bond donors (Lipinski definition) is 3. The van der Waals surface area contributed by atoms with E-state index in [-0.39, 0.29) is 53.7 Å². The number of imidazole rings is 2. The summed E-state index contributed by atoms with van der Waals surface area (Å²) in [7, 11) is 2.74. The minimum Gasteiger partial charge on any atom is -0.469 e. The van der Waals surface area contributed by atoms with Gasteiger partial charge in [-0.3, -0.25) is 14.4 Å². The SMILES string of the molecule is COC(=O)C[C@@H]1CCC[C@H]1C(=O)N1CCC[C@H]1c1nc2ccc(C#Cc3ccc(-c4cnc([C@@H]5CCCN5C(=O)[C@@H]5CCC[C@H]5NC(=O)OC)[nH]4)cc3)cc2[nH]1. The van der Waals surface area contributed by atoms with Crippen LogP contribution in [0.1, 0.15) is 105 Å². The first-order valence-electron chi connectivity index (χ1n) is 20.0. The molecule has 2 aromatic heterocycles. The monoisotopic (exact) mass is 759 g/mol. The third-order valence-electron chi connectivity index (χ3n) is 12.3. The first kappa shape index (κ1) is 37.3. The molecule has 2 aliphatic heterocycles. The van der Waals surface area contributed by atoms with Crippen molar-refractivity contribution in [2.24, 2.45) is 17.8 Å². The summed E-state index contributed by atoms with van der Waals surface area (Å²) in [6, 6.07) is 13.5. The average molecular weight is 760 g/mol. The highest BCUT2D eigenvalue weighted by molar-refractivity contribution is 5.83. The number of aromatic amines is 2. The zero-order valence-corrected chi connectivity index (χ0v) is 32.0. The summed E-state index contributed by atoms with van der Waals surface area (Å²) < 4.78 is 9.68. The minimum absolute atomic E-state index is 0.0321. The normalized spacial score (nSPS) is 24.6. The standard InChI is InChI=1S/C43H49N7O6/c1-55-38(51)24-29-7-3-8-30(29)41(52)50-22-6-12-37(50)40-45-33-20-17-27(23-34(33)46-40)14-13-26-15-18-28(19-16-26)35-25-44-39(47-35)36-11-5-21-49(36)42(53)31-9-4-10-32(31)48-43(54)56-2/h15-20,23,25,29-32,36-37H,3-12,21-22,24H2,1-2H3,(H,44,47)(H,45,46)(H,48,54)/t29-,30+,31+,32+,36-,37-/m0/s1. The van der Waals surface area contributed by atoms with Crippen LogP contribution in [0.5, 0.6) is 0 Å². The van der Waals surface area contributed by atoms with Crippen molar-refractivity contribution < 1.29 is 28.7 Å². The van der Waals surface area contributed by atoms with Gasteiger partial charge in [-0.2, -0.15) is 0 Å². The van der Waals surface area contributed by atoms with Gasteiger partial charge in [0, 0.05) is 42.6 Å². The molecule has 13 heteroatoms. The van der Waals surface area contributed by atoms with Gasteiger partial charge in [0.2, 0.25) is 11.8 Å². The number of carbonyl (C=O) groups is 4. The fourth-order valence-electron chi connectivity index (χ4n) is 9.39. The van der Waals surface area contributed by atoms with Crippen molar-refractivity contribution in [1.29, 1.82) is 0 Å². The Hall–Kier alpha value is -5.64. The van der Waals surface area contributed by atoms with Gasteiger partial charge in [0.1, 0.15) is 11.6 Å². The summed E-state index contributed by atoms with van der Waals surface area (Å²) in [5, 5.41) is 2.86. The lowest BCUT2D eigenvalue weighted by atomic mass is 9.91. The van der Waals surface area contributed by atoms with Crippen LogP contribution in [0.3, 0.4) is 0 Å². The first-order valence-corrected chi connectivity index (χ1v) is 20.0. The molecule has 2 aromatic carbocycles. The maximum Gasteiger partial charge on any atom is 0.407 e. The lowest BCUT2D eigenvalue weighted by Crippen LogP contribution is -2.45. The highest BCUT2D eigenvalue weighted by Gasteiger charge is 2.42. The topological polar surface area (TPSA) is 163 Å². The van der Waals surface area contributed by atoms with E-state index >= 15 is 0 Å². The Balaban J connectivity index is 0.910. The van der Waals surface area contributed by atoms with Gasteiger partial charge in [0.05, 0.1) is 55.1 Å². The van der Waals surface area contributed by atoms with Gasteiger partial charge in [-0.1, -0.05) is 36.8 Å². The molecular weight excluding hydrogens is 711 g/mol. The maximum atomic E-state index is 13.8. The highest BCUT2D eigenvalue weighted by atomic mass is 16.5. The van der Waals surface area contributed by atoms with Crippen molar-refractivity contribution in [3.63, 3.8) is 0 Å². The largest absolute Gasteiger partial charge is 0.469 e. The molecule has 2 saturated heterocycles. The van der Waals surface area contributed by atoms with E-state index in [1.807, 2.05) is 58.5 Å². The third kappa shape index (κ3) is 7.61.